The number of nitrogens with zero attached hydrogens (tertiary/aromatic N) is 1. The molecule has 25 heavy (non-hydrogen) atoms. The molecule has 1 aromatic carbocycles. The number of para-hydroxylation sites is 1. The minimum Gasteiger partial charge on any atom is -0.473 e. The predicted octanol–water partition coefficient (Wildman–Crippen LogP) is 4.24. The van der Waals surface area contributed by atoms with Gasteiger partial charge in [0.25, 0.3) is 5.91 Å². The fourth-order valence-electron chi connectivity index (χ4n) is 2.39. The number of carbonyl (C=O) groups excluding carboxylic acids is 1. The SMILES string of the molecule is O=C(Nc1ccccc1C(F)(F)F)c1ccc(O[C@@H]2CCSC2)nc1. The molecule has 0 aliphatic carbocycles. The molecule has 2 heterocycles. The van der Waals surface area contributed by atoms with Gasteiger partial charge in [-0.2, -0.15) is 24.9 Å². The number of aromatic nitrogens is 1. The summed E-state index contributed by atoms with van der Waals surface area (Å²) in [4.78, 5) is 16.2. The Balaban J connectivity index is 1.69. The summed E-state index contributed by atoms with van der Waals surface area (Å²) in [6, 6.07) is 7.87. The van der Waals surface area contributed by atoms with Gasteiger partial charge >= 0.3 is 6.18 Å². The fraction of sp³-hybridized carbons (Fsp3) is 0.294. The number of rotatable bonds is 4. The number of carbonyl (C=O) groups is 1. The molecule has 0 unspecified atom stereocenters. The lowest BCUT2D eigenvalue weighted by atomic mass is 10.1. The molecule has 1 aromatic heterocycles. The average molecular weight is 368 g/mol. The van der Waals surface area contributed by atoms with Crippen molar-refractivity contribution in [2.75, 3.05) is 16.8 Å². The molecular weight excluding hydrogens is 353 g/mol. The molecule has 1 N–H and O–H groups in total. The number of halogens is 3. The molecule has 1 aliphatic rings. The largest absolute Gasteiger partial charge is 0.473 e. The van der Waals surface area contributed by atoms with Crippen LogP contribution in [0.2, 0.25) is 0 Å². The Hall–Kier alpha value is -2.22. The Morgan fingerprint density at radius 3 is 2.68 bits per heavy atom. The number of pyridine rings is 1. The molecule has 1 saturated heterocycles. The van der Waals surface area contributed by atoms with E-state index in [9.17, 15) is 18.0 Å². The first-order valence-corrected chi connectivity index (χ1v) is 8.77. The van der Waals surface area contributed by atoms with Gasteiger partial charge in [-0.15, -0.1) is 0 Å². The van der Waals surface area contributed by atoms with Crippen molar-refractivity contribution in [1.82, 2.24) is 4.98 Å². The number of anilines is 1. The van der Waals surface area contributed by atoms with Crippen molar-refractivity contribution >= 4 is 23.4 Å². The zero-order valence-corrected chi connectivity index (χ0v) is 13.9. The summed E-state index contributed by atoms with van der Waals surface area (Å²) in [6.07, 6.45) is -2.19. The Kier molecular flexibility index (Phi) is 5.17. The number of benzene rings is 1. The lowest BCUT2D eigenvalue weighted by molar-refractivity contribution is -0.136. The lowest BCUT2D eigenvalue weighted by Gasteiger charge is -2.14. The molecule has 1 atom stereocenters. The smallest absolute Gasteiger partial charge is 0.418 e. The van der Waals surface area contributed by atoms with Gasteiger partial charge in [-0.25, -0.2) is 4.98 Å². The van der Waals surface area contributed by atoms with Crippen LogP contribution in [0.15, 0.2) is 42.6 Å². The van der Waals surface area contributed by atoms with Gasteiger partial charge in [-0.3, -0.25) is 4.79 Å². The van der Waals surface area contributed by atoms with Crippen LogP contribution in [0.3, 0.4) is 0 Å². The molecule has 4 nitrogen and oxygen atoms in total. The fourth-order valence-corrected chi connectivity index (χ4v) is 3.49. The third kappa shape index (κ3) is 4.45. The van der Waals surface area contributed by atoms with Crippen LogP contribution in [0.25, 0.3) is 0 Å². The van der Waals surface area contributed by atoms with Gasteiger partial charge in [0.15, 0.2) is 0 Å². The number of alkyl halides is 3. The van der Waals surface area contributed by atoms with Gasteiger partial charge < -0.3 is 10.1 Å². The van der Waals surface area contributed by atoms with E-state index in [0.717, 1.165) is 24.0 Å². The molecule has 1 amide bonds. The van der Waals surface area contributed by atoms with Crippen molar-refractivity contribution < 1.29 is 22.7 Å². The van der Waals surface area contributed by atoms with Gasteiger partial charge in [0.05, 0.1) is 16.8 Å². The Morgan fingerprint density at radius 2 is 2.04 bits per heavy atom. The van der Waals surface area contributed by atoms with Crippen molar-refractivity contribution in [2.24, 2.45) is 0 Å². The van der Waals surface area contributed by atoms with Crippen LogP contribution in [-0.2, 0) is 6.18 Å². The number of hydrogen-bond acceptors (Lipinski definition) is 4. The second-order valence-corrected chi connectivity index (χ2v) is 6.64. The maximum absolute atomic E-state index is 13.0. The second kappa shape index (κ2) is 7.35. The maximum Gasteiger partial charge on any atom is 0.418 e. The molecule has 3 rings (SSSR count). The number of hydrogen-bond donors (Lipinski definition) is 1. The Morgan fingerprint density at radius 1 is 1.24 bits per heavy atom. The number of nitrogens with one attached hydrogen (secondary N) is 1. The van der Waals surface area contributed by atoms with E-state index in [1.54, 1.807) is 17.8 Å². The third-order valence-electron chi connectivity index (χ3n) is 3.65. The summed E-state index contributed by atoms with van der Waals surface area (Å²) in [5.74, 6) is 1.69. The van der Waals surface area contributed by atoms with E-state index in [2.05, 4.69) is 10.3 Å². The van der Waals surface area contributed by atoms with Crippen LogP contribution in [0.5, 0.6) is 5.88 Å². The lowest BCUT2D eigenvalue weighted by Crippen LogP contribution is -2.18. The van der Waals surface area contributed by atoms with Gasteiger partial charge in [-0.1, -0.05) is 12.1 Å². The third-order valence-corrected chi connectivity index (χ3v) is 4.79. The van der Waals surface area contributed by atoms with Crippen LogP contribution in [0.1, 0.15) is 22.3 Å². The van der Waals surface area contributed by atoms with Crippen LogP contribution >= 0.6 is 11.8 Å². The van der Waals surface area contributed by atoms with Crippen molar-refractivity contribution in [2.45, 2.75) is 18.7 Å². The van der Waals surface area contributed by atoms with Crippen LogP contribution in [0.4, 0.5) is 18.9 Å². The first-order valence-electron chi connectivity index (χ1n) is 7.61. The van der Waals surface area contributed by atoms with Crippen LogP contribution < -0.4 is 10.1 Å². The summed E-state index contributed by atoms with van der Waals surface area (Å²) >= 11 is 1.81. The van der Waals surface area contributed by atoms with Crippen LogP contribution in [-0.4, -0.2) is 28.5 Å². The molecule has 2 aromatic rings. The summed E-state index contributed by atoms with van der Waals surface area (Å²) in [5.41, 5.74) is -1.02. The van der Waals surface area contributed by atoms with Gasteiger partial charge in [0.2, 0.25) is 5.88 Å². The first kappa shape index (κ1) is 17.6. The molecular formula is C17H15F3N2O2S. The van der Waals surface area contributed by atoms with Crippen molar-refractivity contribution in [3.63, 3.8) is 0 Å². The minimum absolute atomic E-state index is 0.107. The molecule has 0 spiro atoms. The van der Waals surface area contributed by atoms with Crippen molar-refractivity contribution in [1.29, 1.82) is 0 Å². The molecule has 1 fully saturated rings. The average Bonchev–Trinajstić information content (AvgIpc) is 3.08. The van der Waals surface area contributed by atoms with E-state index >= 15 is 0 Å². The molecule has 132 valence electrons. The molecule has 0 saturated carbocycles. The van der Waals surface area contributed by atoms with E-state index in [4.69, 9.17) is 4.74 Å². The van der Waals surface area contributed by atoms with Crippen molar-refractivity contribution in [3.8, 4) is 5.88 Å². The predicted molar refractivity (Wildman–Crippen MR) is 90.0 cm³/mol. The van der Waals surface area contributed by atoms with E-state index in [0.29, 0.717) is 5.88 Å². The van der Waals surface area contributed by atoms with E-state index in [1.807, 2.05) is 0 Å². The maximum atomic E-state index is 13.0. The molecule has 1 aliphatic heterocycles. The molecule has 0 bridgehead atoms. The highest BCUT2D eigenvalue weighted by molar-refractivity contribution is 7.99. The van der Waals surface area contributed by atoms with E-state index in [1.165, 1.54) is 30.5 Å². The second-order valence-electron chi connectivity index (χ2n) is 5.49. The standard InChI is InChI=1S/C17H15F3N2O2S/c18-17(19,20)13-3-1-2-4-14(13)22-16(23)11-5-6-15(21-9-11)24-12-7-8-25-10-12/h1-6,9,12H,7-8,10H2,(H,22,23)/t12-/m1/s1. The highest BCUT2D eigenvalue weighted by Gasteiger charge is 2.33. The normalized spacial score (nSPS) is 17.3. The van der Waals surface area contributed by atoms with Crippen LogP contribution in [0, 0.1) is 0 Å². The molecule has 8 heteroatoms. The summed E-state index contributed by atoms with van der Waals surface area (Å²) in [7, 11) is 0. The highest BCUT2D eigenvalue weighted by Crippen LogP contribution is 2.34. The quantitative estimate of drug-likeness (QED) is 0.877. The first-order chi connectivity index (χ1) is 11.9. The zero-order chi connectivity index (χ0) is 17.9. The molecule has 0 radical (unpaired) electrons. The van der Waals surface area contributed by atoms with Gasteiger partial charge in [-0.05, 0) is 30.4 Å². The topological polar surface area (TPSA) is 51.2 Å². The van der Waals surface area contributed by atoms with Gasteiger partial charge in [0, 0.05) is 18.0 Å². The highest BCUT2D eigenvalue weighted by atomic mass is 32.2. The number of ether oxygens (including phenoxy) is 1. The van der Waals surface area contributed by atoms with E-state index < -0.39 is 17.6 Å². The summed E-state index contributed by atoms with van der Waals surface area (Å²) in [6.45, 7) is 0. The summed E-state index contributed by atoms with van der Waals surface area (Å²) < 4.78 is 44.6. The van der Waals surface area contributed by atoms with Gasteiger partial charge in [0.1, 0.15) is 6.10 Å². The monoisotopic (exact) mass is 368 g/mol. The minimum atomic E-state index is -4.54. The Bertz CT molecular complexity index is 744. The Labute approximate surface area is 146 Å². The number of thioether (sulfide) groups is 1. The van der Waals surface area contributed by atoms with E-state index in [-0.39, 0.29) is 17.4 Å². The zero-order valence-electron chi connectivity index (χ0n) is 13.0. The van der Waals surface area contributed by atoms with Crippen molar-refractivity contribution in [3.05, 3.63) is 53.7 Å². The summed E-state index contributed by atoms with van der Waals surface area (Å²) in [5, 5.41) is 2.28. The number of amides is 1.